The van der Waals surface area contributed by atoms with Gasteiger partial charge in [0.1, 0.15) is 5.76 Å². The summed E-state index contributed by atoms with van der Waals surface area (Å²) in [6.45, 7) is 3.40. The van der Waals surface area contributed by atoms with Crippen LogP contribution in [0.5, 0.6) is 0 Å². The summed E-state index contributed by atoms with van der Waals surface area (Å²) in [5.41, 5.74) is -0.122. The van der Waals surface area contributed by atoms with Crippen LogP contribution in [0.4, 0.5) is 10.3 Å². The van der Waals surface area contributed by atoms with Gasteiger partial charge in [0.15, 0.2) is 5.82 Å². The quantitative estimate of drug-likeness (QED) is 0.928. The fourth-order valence-corrected chi connectivity index (χ4v) is 3.74. The summed E-state index contributed by atoms with van der Waals surface area (Å²) in [6, 6.07) is 4.08. The second-order valence-electron chi connectivity index (χ2n) is 6.66. The summed E-state index contributed by atoms with van der Waals surface area (Å²) in [4.78, 5) is 10.3. The number of hydrogen-bond donors (Lipinski definition) is 1. The molecule has 0 amide bonds. The van der Waals surface area contributed by atoms with E-state index in [0.717, 1.165) is 44.7 Å². The lowest BCUT2D eigenvalue weighted by Crippen LogP contribution is -2.47. The number of furan rings is 1. The van der Waals surface area contributed by atoms with Crippen LogP contribution >= 0.6 is 0 Å². The molecule has 24 heavy (non-hydrogen) atoms. The maximum atomic E-state index is 12.9. The average molecular weight is 332 g/mol. The summed E-state index contributed by atoms with van der Waals surface area (Å²) < 4.78 is 24.5. The molecule has 128 valence electrons. The Labute approximate surface area is 140 Å². The Balaban J connectivity index is 1.36. The normalized spacial score (nSPS) is 27.6. The van der Waals surface area contributed by atoms with Gasteiger partial charge >= 0.3 is 0 Å². The van der Waals surface area contributed by atoms with E-state index in [1.165, 1.54) is 12.4 Å². The van der Waals surface area contributed by atoms with Gasteiger partial charge in [0.05, 0.1) is 43.5 Å². The SMILES string of the molecule is Fc1cnc(N[C@H]2CO[C@]3(CCCN(Cc4ccco4)C3)C2)nc1. The summed E-state index contributed by atoms with van der Waals surface area (Å²) in [5.74, 6) is 1.00. The monoisotopic (exact) mass is 332 g/mol. The van der Waals surface area contributed by atoms with Crippen molar-refractivity contribution in [3.63, 3.8) is 0 Å². The Morgan fingerprint density at radius 2 is 2.25 bits per heavy atom. The topological polar surface area (TPSA) is 63.4 Å². The summed E-state index contributed by atoms with van der Waals surface area (Å²) >= 11 is 0. The van der Waals surface area contributed by atoms with Gasteiger partial charge in [0.2, 0.25) is 5.95 Å². The number of rotatable bonds is 4. The van der Waals surface area contributed by atoms with E-state index in [1.807, 2.05) is 12.1 Å². The van der Waals surface area contributed by atoms with Crippen LogP contribution < -0.4 is 5.32 Å². The number of piperidine rings is 1. The van der Waals surface area contributed by atoms with E-state index < -0.39 is 5.82 Å². The van der Waals surface area contributed by atoms with Gasteiger partial charge in [-0.3, -0.25) is 4.90 Å². The highest BCUT2D eigenvalue weighted by Crippen LogP contribution is 2.36. The molecule has 1 N–H and O–H groups in total. The molecule has 6 nitrogen and oxygen atoms in total. The summed E-state index contributed by atoms with van der Waals surface area (Å²) in [6.07, 6.45) is 7.13. The minimum absolute atomic E-state index is 0.122. The highest BCUT2D eigenvalue weighted by Gasteiger charge is 2.43. The minimum atomic E-state index is -0.430. The molecule has 7 heteroatoms. The number of nitrogens with zero attached hydrogens (tertiary/aromatic N) is 3. The fraction of sp³-hybridized carbons (Fsp3) is 0.529. The van der Waals surface area contributed by atoms with E-state index >= 15 is 0 Å². The first kappa shape index (κ1) is 15.5. The zero-order valence-electron chi connectivity index (χ0n) is 13.4. The molecule has 1 spiro atoms. The molecular formula is C17H21FN4O2. The molecule has 0 aromatic carbocycles. The highest BCUT2D eigenvalue weighted by molar-refractivity contribution is 5.25. The van der Waals surface area contributed by atoms with E-state index in [-0.39, 0.29) is 11.6 Å². The van der Waals surface area contributed by atoms with Crippen molar-refractivity contribution in [3.8, 4) is 0 Å². The molecule has 2 fully saturated rings. The first-order chi connectivity index (χ1) is 11.7. The van der Waals surface area contributed by atoms with Crippen LogP contribution in [0.1, 0.15) is 25.0 Å². The third-order valence-corrected chi connectivity index (χ3v) is 4.74. The van der Waals surface area contributed by atoms with E-state index in [2.05, 4.69) is 20.2 Å². The van der Waals surface area contributed by atoms with Crippen molar-refractivity contribution in [2.75, 3.05) is 25.0 Å². The minimum Gasteiger partial charge on any atom is -0.468 e. The molecule has 2 aliphatic rings. The first-order valence-corrected chi connectivity index (χ1v) is 8.34. The standard InChI is InChI=1S/C17H21FN4O2/c18-13-8-19-16(20-9-13)21-14-7-17(24-11-14)4-2-5-22(12-17)10-15-3-1-6-23-15/h1,3,6,8-9,14H,2,4-5,7,10-12H2,(H,19,20,21)/t14-,17-/m1/s1. The number of nitrogens with one attached hydrogen (secondary N) is 1. The van der Waals surface area contributed by atoms with Crippen molar-refractivity contribution in [2.45, 2.75) is 37.5 Å². The largest absolute Gasteiger partial charge is 0.468 e. The molecule has 4 heterocycles. The van der Waals surface area contributed by atoms with Gasteiger partial charge in [-0.1, -0.05) is 0 Å². The molecule has 0 radical (unpaired) electrons. The van der Waals surface area contributed by atoms with Gasteiger partial charge in [0, 0.05) is 13.0 Å². The molecule has 2 aromatic rings. The molecule has 2 aliphatic heterocycles. The Morgan fingerprint density at radius 3 is 3.04 bits per heavy atom. The third kappa shape index (κ3) is 3.42. The summed E-state index contributed by atoms with van der Waals surface area (Å²) in [5, 5.41) is 3.25. The Bertz CT molecular complexity index is 664. The van der Waals surface area contributed by atoms with E-state index in [4.69, 9.17) is 9.15 Å². The van der Waals surface area contributed by atoms with Crippen molar-refractivity contribution in [1.82, 2.24) is 14.9 Å². The lowest BCUT2D eigenvalue weighted by molar-refractivity contribution is -0.0544. The van der Waals surface area contributed by atoms with E-state index in [0.29, 0.717) is 12.6 Å². The van der Waals surface area contributed by atoms with Crippen LogP contribution in [-0.4, -0.2) is 46.2 Å². The van der Waals surface area contributed by atoms with Crippen molar-refractivity contribution in [1.29, 1.82) is 0 Å². The van der Waals surface area contributed by atoms with Crippen LogP contribution in [0.2, 0.25) is 0 Å². The number of ether oxygens (including phenoxy) is 1. The van der Waals surface area contributed by atoms with Crippen LogP contribution in [0.25, 0.3) is 0 Å². The number of hydrogen-bond acceptors (Lipinski definition) is 6. The number of aromatic nitrogens is 2. The molecular weight excluding hydrogens is 311 g/mol. The third-order valence-electron chi connectivity index (χ3n) is 4.74. The number of likely N-dealkylation sites (tertiary alicyclic amines) is 1. The van der Waals surface area contributed by atoms with Gasteiger partial charge in [-0.05, 0) is 31.5 Å². The van der Waals surface area contributed by atoms with E-state index in [1.54, 1.807) is 6.26 Å². The van der Waals surface area contributed by atoms with Gasteiger partial charge in [0.25, 0.3) is 0 Å². The van der Waals surface area contributed by atoms with Crippen molar-refractivity contribution in [3.05, 3.63) is 42.4 Å². The zero-order chi connectivity index (χ0) is 16.4. The van der Waals surface area contributed by atoms with Gasteiger partial charge in [-0.2, -0.15) is 0 Å². The zero-order valence-corrected chi connectivity index (χ0v) is 13.4. The summed E-state index contributed by atoms with van der Waals surface area (Å²) in [7, 11) is 0. The maximum Gasteiger partial charge on any atom is 0.223 e. The number of halogens is 1. The van der Waals surface area contributed by atoms with Crippen molar-refractivity contribution < 1.29 is 13.5 Å². The Kier molecular flexibility index (Phi) is 4.20. The Hall–Kier alpha value is -1.99. The molecule has 2 aromatic heterocycles. The second kappa shape index (κ2) is 6.49. The average Bonchev–Trinajstić information content (AvgIpc) is 3.21. The highest BCUT2D eigenvalue weighted by atomic mass is 19.1. The maximum absolute atomic E-state index is 12.9. The number of anilines is 1. The molecule has 2 saturated heterocycles. The van der Waals surface area contributed by atoms with Crippen LogP contribution in [0, 0.1) is 5.82 Å². The lowest BCUT2D eigenvalue weighted by atomic mass is 9.88. The fourth-order valence-electron chi connectivity index (χ4n) is 3.74. The van der Waals surface area contributed by atoms with Crippen LogP contribution in [0.3, 0.4) is 0 Å². The van der Waals surface area contributed by atoms with Gasteiger partial charge in [-0.15, -0.1) is 0 Å². The van der Waals surface area contributed by atoms with Crippen molar-refractivity contribution >= 4 is 5.95 Å². The van der Waals surface area contributed by atoms with Gasteiger partial charge < -0.3 is 14.5 Å². The Morgan fingerprint density at radius 1 is 1.38 bits per heavy atom. The molecule has 2 atom stereocenters. The van der Waals surface area contributed by atoms with Crippen LogP contribution in [0.15, 0.2) is 35.2 Å². The second-order valence-corrected chi connectivity index (χ2v) is 6.66. The smallest absolute Gasteiger partial charge is 0.223 e. The predicted octanol–water partition coefficient (Wildman–Crippen LogP) is 2.44. The molecule has 4 rings (SSSR count). The first-order valence-electron chi connectivity index (χ1n) is 8.34. The van der Waals surface area contributed by atoms with Crippen LogP contribution in [-0.2, 0) is 11.3 Å². The molecule has 0 aliphatic carbocycles. The van der Waals surface area contributed by atoms with Gasteiger partial charge in [-0.25, -0.2) is 14.4 Å². The molecule has 0 saturated carbocycles. The predicted molar refractivity (Wildman–Crippen MR) is 85.9 cm³/mol. The van der Waals surface area contributed by atoms with E-state index in [9.17, 15) is 4.39 Å². The molecule has 0 bridgehead atoms. The molecule has 0 unspecified atom stereocenters. The lowest BCUT2D eigenvalue weighted by Gasteiger charge is -2.39. The van der Waals surface area contributed by atoms with Crippen molar-refractivity contribution in [2.24, 2.45) is 0 Å².